The quantitative estimate of drug-likeness (QED) is 0.648. The number of ether oxygens (including phenoxy) is 1. The number of rotatable bonds is 7. The minimum atomic E-state index is -0.937. The fraction of sp³-hybridized carbons (Fsp3) is 0.640. The number of amides is 2. The van der Waals surface area contributed by atoms with Crippen LogP contribution in [0.15, 0.2) is 18.2 Å². The van der Waals surface area contributed by atoms with E-state index in [2.05, 4.69) is 10.6 Å². The van der Waals surface area contributed by atoms with Gasteiger partial charge in [-0.25, -0.2) is 0 Å². The lowest BCUT2D eigenvalue weighted by molar-refractivity contribution is -0.153. The van der Waals surface area contributed by atoms with Crippen LogP contribution in [0.3, 0.4) is 0 Å². The second-order valence-electron chi connectivity index (χ2n) is 10.3. The molecule has 0 aliphatic heterocycles. The van der Waals surface area contributed by atoms with Crippen LogP contribution in [0.1, 0.15) is 63.0 Å². The molecule has 4 aliphatic carbocycles. The van der Waals surface area contributed by atoms with Crippen molar-refractivity contribution < 1.29 is 19.1 Å². The number of aryl methyl sites for hydroxylation is 2. The van der Waals surface area contributed by atoms with E-state index in [0.29, 0.717) is 12.1 Å². The number of nitrogens with one attached hydrogen (secondary N) is 2. The van der Waals surface area contributed by atoms with E-state index in [1.165, 1.54) is 26.2 Å². The van der Waals surface area contributed by atoms with Crippen molar-refractivity contribution in [3.8, 4) is 0 Å². The number of benzene rings is 1. The van der Waals surface area contributed by atoms with Crippen LogP contribution >= 0.6 is 0 Å². The second kappa shape index (κ2) is 8.64. The zero-order valence-corrected chi connectivity index (χ0v) is 18.8. The SMILES string of the molecule is Cc1ccc(NC(=O)[C@@H](C)OC(=O)CNC(=O)CC23CC4CC(CC(C4)C2)C3)c(C)c1. The zero-order valence-electron chi connectivity index (χ0n) is 18.8. The summed E-state index contributed by atoms with van der Waals surface area (Å²) in [6.45, 7) is 5.24. The maximum absolute atomic E-state index is 12.6. The van der Waals surface area contributed by atoms with E-state index in [1.807, 2.05) is 32.0 Å². The first-order valence-electron chi connectivity index (χ1n) is 11.6. The molecule has 4 aliphatic rings. The molecule has 0 saturated heterocycles. The van der Waals surface area contributed by atoms with E-state index in [-0.39, 0.29) is 23.8 Å². The Kier molecular flexibility index (Phi) is 6.09. The van der Waals surface area contributed by atoms with Gasteiger partial charge in [-0.15, -0.1) is 0 Å². The average Bonchev–Trinajstić information content (AvgIpc) is 2.67. The largest absolute Gasteiger partial charge is 0.451 e. The number of carbonyl (C=O) groups excluding carboxylic acids is 3. The number of carbonyl (C=O) groups is 3. The summed E-state index contributed by atoms with van der Waals surface area (Å²) in [5, 5.41) is 5.51. The normalized spacial score (nSPS) is 29.3. The van der Waals surface area contributed by atoms with Crippen LogP contribution in [0, 0.1) is 37.0 Å². The fourth-order valence-electron chi connectivity index (χ4n) is 6.56. The maximum Gasteiger partial charge on any atom is 0.326 e. The molecule has 0 unspecified atom stereocenters. The van der Waals surface area contributed by atoms with Gasteiger partial charge >= 0.3 is 5.97 Å². The number of hydrogen-bond acceptors (Lipinski definition) is 4. The summed E-state index contributed by atoms with van der Waals surface area (Å²) in [6, 6.07) is 5.73. The first-order chi connectivity index (χ1) is 14.7. The predicted octanol–water partition coefficient (Wildman–Crippen LogP) is 3.90. The van der Waals surface area contributed by atoms with Gasteiger partial charge in [0, 0.05) is 12.1 Å². The molecule has 2 amide bonds. The Labute approximate surface area is 184 Å². The molecule has 0 spiro atoms. The van der Waals surface area contributed by atoms with Crippen LogP contribution in [0.25, 0.3) is 0 Å². The topological polar surface area (TPSA) is 84.5 Å². The Balaban J connectivity index is 1.21. The van der Waals surface area contributed by atoms with Gasteiger partial charge in [0.15, 0.2) is 6.10 Å². The second-order valence-corrected chi connectivity index (χ2v) is 10.3. The minimum absolute atomic E-state index is 0.0775. The van der Waals surface area contributed by atoms with Crippen molar-refractivity contribution in [2.24, 2.45) is 23.2 Å². The number of hydrogen-bond donors (Lipinski definition) is 2. The third-order valence-corrected chi connectivity index (χ3v) is 7.45. The molecule has 0 radical (unpaired) electrons. The Morgan fingerprint density at radius 2 is 1.68 bits per heavy atom. The Morgan fingerprint density at radius 1 is 1.06 bits per heavy atom. The van der Waals surface area contributed by atoms with Crippen molar-refractivity contribution >= 4 is 23.5 Å². The predicted molar refractivity (Wildman–Crippen MR) is 118 cm³/mol. The van der Waals surface area contributed by atoms with Gasteiger partial charge in [0.25, 0.3) is 5.91 Å². The standard InChI is InChI=1S/C25H34N2O4/c1-15-4-5-21(16(2)6-15)27-24(30)17(3)31-23(29)14-26-22(28)13-25-10-18-7-19(11-25)9-20(8-18)12-25/h4-6,17-20H,7-14H2,1-3H3,(H,26,28)(H,27,30)/t17-,18?,19?,20?,25?/m1/s1. The first kappa shape index (κ1) is 21.8. The molecule has 31 heavy (non-hydrogen) atoms. The molecule has 1 atom stereocenters. The van der Waals surface area contributed by atoms with Crippen molar-refractivity contribution in [3.63, 3.8) is 0 Å². The summed E-state index contributed by atoms with van der Waals surface area (Å²) in [5.41, 5.74) is 2.90. The molecular weight excluding hydrogens is 392 g/mol. The summed E-state index contributed by atoms with van der Waals surface area (Å²) in [5.74, 6) is 1.32. The van der Waals surface area contributed by atoms with Gasteiger partial charge < -0.3 is 15.4 Å². The molecule has 6 nitrogen and oxygen atoms in total. The highest BCUT2D eigenvalue weighted by Gasteiger charge is 2.51. The lowest BCUT2D eigenvalue weighted by Gasteiger charge is -2.56. The average molecular weight is 427 g/mol. The Bertz CT molecular complexity index is 843. The lowest BCUT2D eigenvalue weighted by atomic mass is 9.49. The van der Waals surface area contributed by atoms with Gasteiger partial charge in [-0.05, 0) is 94.1 Å². The first-order valence-corrected chi connectivity index (χ1v) is 11.6. The third kappa shape index (κ3) is 5.10. The van der Waals surface area contributed by atoms with Gasteiger partial charge in [0.2, 0.25) is 5.91 Å². The van der Waals surface area contributed by atoms with E-state index < -0.39 is 12.1 Å². The van der Waals surface area contributed by atoms with Crippen LogP contribution in [-0.4, -0.2) is 30.4 Å². The van der Waals surface area contributed by atoms with E-state index >= 15 is 0 Å². The van der Waals surface area contributed by atoms with Crippen molar-refractivity contribution in [1.29, 1.82) is 0 Å². The Hall–Kier alpha value is -2.37. The summed E-state index contributed by atoms with van der Waals surface area (Å²) < 4.78 is 5.23. The lowest BCUT2D eigenvalue weighted by Crippen LogP contribution is -2.48. The molecule has 6 heteroatoms. The molecular formula is C25H34N2O4. The van der Waals surface area contributed by atoms with Crippen LogP contribution in [-0.2, 0) is 19.1 Å². The van der Waals surface area contributed by atoms with Crippen molar-refractivity contribution in [1.82, 2.24) is 5.32 Å². The molecule has 0 aromatic heterocycles. The van der Waals surface area contributed by atoms with Crippen LogP contribution in [0.2, 0.25) is 0 Å². The van der Waals surface area contributed by atoms with Gasteiger partial charge in [0.05, 0.1) is 0 Å². The van der Waals surface area contributed by atoms with Crippen molar-refractivity contribution in [2.75, 3.05) is 11.9 Å². The van der Waals surface area contributed by atoms with E-state index in [1.54, 1.807) is 0 Å². The molecule has 1 aromatic carbocycles. The summed E-state index contributed by atoms with van der Waals surface area (Å²) in [7, 11) is 0. The molecule has 4 saturated carbocycles. The Morgan fingerprint density at radius 3 is 2.26 bits per heavy atom. The van der Waals surface area contributed by atoms with E-state index in [0.717, 1.165) is 48.1 Å². The van der Waals surface area contributed by atoms with Crippen molar-refractivity contribution in [2.45, 2.75) is 71.8 Å². The molecule has 168 valence electrons. The summed E-state index contributed by atoms with van der Waals surface area (Å²) >= 11 is 0. The molecule has 0 heterocycles. The minimum Gasteiger partial charge on any atom is -0.451 e. The van der Waals surface area contributed by atoms with Crippen LogP contribution < -0.4 is 10.6 Å². The fourth-order valence-corrected chi connectivity index (χ4v) is 6.56. The molecule has 4 bridgehead atoms. The van der Waals surface area contributed by atoms with Gasteiger partial charge in [-0.2, -0.15) is 0 Å². The summed E-state index contributed by atoms with van der Waals surface area (Å²) in [4.78, 5) is 37.1. The highest BCUT2D eigenvalue weighted by Crippen LogP contribution is 2.61. The van der Waals surface area contributed by atoms with Gasteiger partial charge in [-0.3, -0.25) is 14.4 Å². The number of anilines is 1. The summed E-state index contributed by atoms with van der Waals surface area (Å²) in [6.07, 6.45) is 7.07. The molecule has 2 N–H and O–H groups in total. The molecule has 1 aromatic rings. The van der Waals surface area contributed by atoms with Crippen LogP contribution in [0.5, 0.6) is 0 Å². The highest BCUT2D eigenvalue weighted by molar-refractivity contribution is 5.96. The monoisotopic (exact) mass is 426 g/mol. The van der Waals surface area contributed by atoms with Crippen molar-refractivity contribution in [3.05, 3.63) is 29.3 Å². The zero-order chi connectivity index (χ0) is 22.2. The number of esters is 1. The molecule has 5 rings (SSSR count). The van der Waals surface area contributed by atoms with E-state index in [9.17, 15) is 14.4 Å². The maximum atomic E-state index is 12.6. The third-order valence-electron chi connectivity index (χ3n) is 7.45. The van der Waals surface area contributed by atoms with Crippen LogP contribution in [0.4, 0.5) is 5.69 Å². The van der Waals surface area contributed by atoms with Gasteiger partial charge in [-0.1, -0.05) is 17.7 Å². The van der Waals surface area contributed by atoms with Gasteiger partial charge in [0.1, 0.15) is 6.54 Å². The van der Waals surface area contributed by atoms with E-state index in [4.69, 9.17) is 4.74 Å². The smallest absolute Gasteiger partial charge is 0.326 e. The molecule has 4 fully saturated rings. The highest BCUT2D eigenvalue weighted by atomic mass is 16.5.